The predicted molar refractivity (Wildman–Crippen MR) is 170 cm³/mol. The van der Waals surface area contributed by atoms with E-state index >= 15 is 0 Å². The van der Waals surface area contributed by atoms with E-state index in [0.717, 1.165) is 25.7 Å². The summed E-state index contributed by atoms with van der Waals surface area (Å²) < 4.78 is 5.76. The van der Waals surface area contributed by atoms with Crippen LogP contribution in [-0.4, -0.2) is 12.1 Å². The van der Waals surface area contributed by atoms with Crippen molar-refractivity contribution in [1.82, 2.24) is 0 Å². The van der Waals surface area contributed by atoms with Crippen LogP contribution in [0.25, 0.3) is 0 Å². The molecule has 0 saturated carbocycles. The molecule has 0 aromatic carbocycles. The largest absolute Gasteiger partial charge is 0.462 e. The lowest BCUT2D eigenvalue weighted by Crippen LogP contribution is -2.17. The molecule has 0 aliphatic heterocycles. The first-order chi connectivity index (χ1) is 18.7. The van der Waals surface area contributed by atoms with Gasteiger partial charge in [0.15, 0.2) is 0 Å². The number of carbonyl (C=O) groups excluding carboxylic acids is 1. The zero-order valence-corrected chi connectivity index (χ0v) is 26.3. The molecule has 2 nitrogen and oxygen atoms in total. The Labute approximate surface area is 239 Å². The topological polar surface area (TPSA) is 26.3 Å². The number of unbranched alkanes of at least 4 members (excludes halogenated alkanes) is 20. The molecule has 0 aliphatic rings. The highest BCUT2D eigenvalue weighted by atomic mass is 16.5. The summed E-state index contributed by atoms with van der Waals surface area (Å²) in [6.45, 7) is 6.70. The molecule has 2 heteroatoms. The Morgan fingerprint density at radius 2 is 0.868 bits per heavy atom. The molecule has 0 fully saturated rings. The van der Waals surface area contributed by atoms with Gasteiger partial charge in [-0.15, -0.1) is 0 Å². The summed E-state index contributed by atoms with van der Waals surface area (Å²) in [5.41, 5.74) is 0. The fourth-order valence-corrected chi connectivity index (χ4v) is 5.02. The van der Waals surface area contributed by atoms with Crippen LogP contribution in [0.5, 0.6) is 0 Å². The Morgan fingerprint density at radius 3 is 1.29 bits per heavy atom. The molecule has 0 aromatic rings. The first kappa shape index (κ1) is 37.0. The van der Waals surface area contributed by atoms with E-state index in [1.54, 1.807) is 0 Å². The average molecular weight is 533 g/mol. The van der Waals surface area contributed by atoms with Gasteiger partial charge in [-0.25, -0.2) is 0 Å². The molecule has 0 spiro atoms. The van der Waals surface area contributed by atoms with Crippen LogP contribution >= 0.6 is 0 Å². The third-order valence-electron chi connectivity index (χ3n) is 7.68. The van der Waals surface area contributed by atoms with Gasteiger partial charge in [0.05, 0.1) is 0 Å². The molecular weight excluding hydrogens is 464 g/mol. The van der Waals surface area contributed by atoms with E-state index in [2.05, 4.69) is 45.1 Å². The zero-order valence-electron chi connectivity index (χ0n) is 26.3. The Hall–Kier alpha value is -1.05. The maximum atomic E-state index is 12.2. The molecule has 0 aliphatic carbocycles. The van der Waals surface area contributed by atoms with Crippen molar-refractivity contribution in [3.05, 3.63) is 24.3 Å². The van der Waals surface area contributed by atoms with Crippen LogP contribution in [-0.2, 0) is 9.53 Å². The molecule has 0 N–H and O–H groups in total. The number of carbonyl (C=O) groups is 1. The monoisotopic (exact) mass is 533 g/mol. The number of allylic oxidation sites excluding steroid dienone is 4. The molecule has 0 radical (unpaired) electrons. The fraction of sp³-hybridized carbons (Fsp3) is 0.861. The minimum absolute atomic E-state index is 0.0205. The van der Waals surface area contributed by atoms with E-state index in [0.29, 0.717) is 6.42 Å². The van der Waals surface area contributed by atoms with E-state index in [4.69, 9.17) is 4.74 Å². The third kappa shape index (κ3) is 29.5. The van der Waals surface area contributed by atoms with Crippen LogP contribution in [0.1, 0.15) is 194 Å². The highest BCUT2D eigenvalue weighted by Gasteiger charge is 2.12. The lowest BCUT2D eigenvalue weighted by Gasteiger charge is -2.16. The van der Waals surface area contributed by atoms with Crippen LogP contribution in [0.2, 0.25) is 0 Å². The summed E-state index contributed by atoms with van der Waals surface area (Å²) in [6, 6.07) is 0. The van der Waals surface area contributed by atoms with Gasteiger partial charge in [0, 0.05) is 6.42 Å². The van der Waals surface area contributed by atoms with Gasteiger partial charge in [-0.05, 0) is 77.0 Å². The number of rotatable bonds is 30. The minimum atomic E-state index is 0.0205. The molecular formula is C36H68O2. The van der Waals surface area contributed by atoms with Gasteiger partial charge in [-0.3, -0.25) is 4.79 Å². The minimum Gasteiger partial charge on any atom is -0.462 e. The van der Waals surface area contributed by atoms with Crippen LogP contribution < -0.4 is 0 Å². The van der Waals surface area contributed by atoms with Crippen molar-refractivity contribution >= 4 is 5.97 Å². The van der Waals surface area contributed by atoms with Gasteiger partial charge < -0.3 is 4.74 Å². The van der Waals surface area contributed by atoms with Gasteiger partial charge in [0.2, 0.25) is 0 Å². The van der Waals surface area contributed by atoms with E-state index in [9.17, 15) is 4.79 Å². The summed E-state index contributed by atoms with van der Waals surface area (Å²) in [7, 11) is 0. The second-order valence-corrected chi connectivity index (χ2v) is 11.5. The van der Waals surface area contributed by atoms with Crippen molar-refractivity contribution in [3.8, 4) is 0 Å². The number of esters is 1. The van der Waals surface area contributed by atoms with Gasteiger partial charge in [-0.2, -0.15) is 0 Å². The third-order valence-corrected chi connectivity index (χ3v) is 7.68. The molecule has 0 heterocycles. The van der Waals surface area contributed by atoms with Gasteiger partial charge in [0.1, 0.15) is 6.10 Å². The lowest BCUT2D eigenvalue weighted by molar-refractivity contribution is -0.149. The predicted octanol–water partition coefficient (Wildman–Crippen LogP) is 12.6. The smallest absolute Gasteiger partial charge is 0.306 e. The molecule has 0 bridgehead atoms. The maximum Gasteiger partial charge on any atom is 0.306 e. The summed E-state index contributed by atoms with van der Waals surface area (Å²) >= 11 is 0. The first-order valence-corrected chi connectivity index (χ1v) is 17.2. The molecule has 1 atom stereocenters. The van der Waals surface area contributed by atoms with Crippen molar-refractivity contribution in [2.45, 2.75) is 200 Å². The van der Waals surface area contributed by atoms with Crippen LogP contribution in [0, 0.1) is 0 Å². The Morgan fingerprint density at radius 1 is 0.500 bits per heavy atom. The quantitative estimate of drug-likeness (QED) is 0.0522. The molecule has 0 amide bonds. The molecule has 1 unspecified atom stereocenters. The van der Waals surface area contributed by atoms with Crippen molar-refractivity contribution in [2.75, 3.05) is 0 Å². The zero-order chi connectivity index (χ0) is 27.8. The Kier molecular flexibility index (Phi) is 31.3. The summed E-state index contributed by atoms with van der Waals surface area (Å²) in [6.07, 6.45) is 43.3. The van der Waals surface area contributed by atoms with Crippen molar-refractivity contribution in [3.63, 3.8) is 0 Å². The van der Waals surface area contributed by atoms with Crippen molar-refractivity contribution in [1.29, 1.82) is 0 Å². The fourth-order valence-electron chi connectivity index (χ4n) is 5.02. The summed E-state index contributed by atoms with van der Waals surface area (Å²) in [5, 5.41) is 0. The van der Waals surface area contributed by atoms with Crippen LogP contribution in [0.4, 0.5) is 0 Å². The van der Waals surface area contributed by atoms with E-state index in [1.165, 1.54) is 141 Å². The van der Waals surface area contributed by atoms with E-state index in [-0.39, 0.29) is 12.1 Å². The maximum absolute atomic E-state index is 12.2. The van der Waals surface area contributed by atoms with Crippen LogP contribution in [0.15, 0.2) is 24.3 Å². The average Bonchev–Trinajstić information content (AvgIpc) is 2.92. The standard InChI is InChI=1S/C36H68O2/c1-4-7-9-11-13-15-17-19-20-22-24-26-28-30-32-34-36(37)38-35(6-3)33-31-29-27-25-23-21-18-16-14-12-10-8-5-2/h19-21,23,35H,4-18,22,24-34H2,1-3H3. The van der Waals surface area contributed by atoms with Gasteiger partial charge in [0.25, 0.3) is 0 Å². The second kappa shape index (κ2) is 32.2. The highest BCUT2D eigenvalue weighted by molar-refractivity contribution is 5.69. The summed E-state index contributed by atoms with van der Waals surface area (Å²) in [4.78, 5) is 12.2. The summed E-state index contributed by atoms with van der Waals surface area (Å²) in [5.74, 6) is 0.0205. The van der Waals surface area contributed by atoms with Gasteiger partial charge in [-0.1, -0.05) is 135 Å². The molecule has 224 valence electrons. The SMILES string of the molecule is CCCCCCCCC=CCCCCCCCC(=O)OC(CC)CCCCCC=CCCCCCCCC. The molecule has 0 rings (SSSR count). The van der Waals surface area contributed by atoms with Crippen molar-refractivity contribution in [2.24, 2.45) is 0 Å². The normalized spacial score (nSPS) is 12.6. The first-order valence-electron chi connectivity index (χ1n) is 17.2. The highest BCUT2D eigenvalue weighted by Crippen LogP contribution is 2.15. The lowest BCUT2D eigenvalue weighted by atomic mass is 10.1. The Bertz CT molecular complexity index is 521. The van der Waals surface area contributed by atoms with Gasteiger partial charge >= 0.3 is 5.97 Å². The number of ether oxygens (including phenoxy) is 1. The van der Waals surface area contributed by atoms with E-state index < -0.39 is 0 Å². The number of hydrogen-bond acceptors (Lipinski definition) is 2. The number of hydrogen-bond donors (Lipinski definition) is 0. The molecule has 0 aromatic heterocycles. The molecule has 0 saturated heterocycles. The van der Waals surface area contributed by atoms with Crippen LogP contribution in [0.3, 0.4) is 0 Å². The molecule has 38 heavy (non-hydrogen) atoms. The Balaban J connectivity index is 3.50. The van der Waals surface area contributed by atoms with E-state index in [1.807, 2.05) is 0 Å². The second-order valence-electron chi connectivity index (χ2n) is 11.5. The van der Waals surface area contributed by atoms with Crippen molar-refractivity contribution < 1.29 is 9.53 Å².